The van der Waals surface area contributed by atoms with E-state index in [2.05, 4.69) is 14.8 Å². The van der Waals surface area contributed by atoms with Gasteiger partial charge in [0.25, 0.3) is 0 Å². The van der Waals surface area contributed by atoms with Crippen molar-refractivity contribution in [2.45, 2.75) is 24.2 Å². The minimum atomic E-state index is -3.68. The van der Waals surface area contributed by atoms with Crippen molar-refractivity contribution < 1.29 is 17.9 Å². The number of aromatic nitrogens is 2. The summed E-state index contributed by atoms with van der Waals surface area (Å²) in [6.07, 6.45) is 5.38. The number of anilines is 2. The molecule has 9 nitrogen and oxygen atoms in total. The summed E-state index contributed by atoms with van der Waals surface area (Å²) < 4.78 is 38.4. The van der Waals surface area contributed by atoms with Crippen molar-refractivity contribution in [3.05, 3.63) is 30.5 Å². The first-order valence-electron chi connectivity index (χ1n) is 10.6. The van der Waals surface area contributed by atoms with Gasteiger partial charge in [0.05, 0.1) is 14.2 Å². The van der Waals surface area contributed by atoms with E-state index in [9.17, 15) is 8.42 Å². The largest absolute Gasteiger partial charge is 0.497 e. The molecule has 0 atom stereocenters. The first-order valence-corrected chi connectivity index (χ1v) is 12.0. The summed E-state index contributed by atoms with van der Waals surface area (Å²) in [5.74, 6) is 2.43. The van der Waals surface area contributed by atoms with Crippen molar-refractivity contribution in [1.29, 1.82) is 0 Å². The Morgan fingerprint density at radius 1 is 0.871 bits per heavy atom. The molecule has 0 unspecified atom stereocenters. The van der Waals surface area contributed by atoms with Crippen LogP contribution in [0.25, 0.3) is 0 Å². The maximum atomic E-state index is 13.2. The van der Waals surface area contributed by atoms with E-state index in [0.717, 1.165) is 24.9 Å². The summed E-state index contributed by atoms with van der Waals surface area (Å²) in [5, 5.41) is 0. The van der Waals surface area contributed by atoms with Gasteiger partial charge in [0.15, 0.2) is 0 Å². The van der Waals surface area contributed by atoms with E-state index in [1.54, 1.807) is 18.3 Å². The number of piperidine rings is 1. The zero-order valence-electron chi connectivity index (χ0n) is 18.0. The molecule has 3 heterocycles. The lowest BCUT2D eigenvalue weighted by Gasteiger charge is -2.35. The van der Waals surface area contributed by atoms with Gasteiger partial charge in [-0.15, -0.1) is 0 Å². The average Bonchev–Trinajstić information content (AvgIpc) is 2.84. The Balaban J connectivity index is 1.46. The highest BCUT2D eigenvalue weighted by atomic mass is 32.2. The van der Waals surface area contributed by atoms with Crippen molar-refractivity contribution in [1.82, 2.24) is 14.3 Å². The molecular weight excluding hydrogens is 418 g/mol. The molecule has 31 heavy (non-hydrogen) atoms. The minimum absolute atomic E-state index is 0.152. The Morgan fingerprint density at radius 2 is 1.61 bits per heavy atom. The highest BCUT2D eigenvalue weighted by Crippen LogP contribution is 2.31. The van der Waals surface area contributed by atoms with Gasteiger partial charge in [-0.1, -0.05) is 0 Å². The average molecular weight is 448 g/mol. The van der Waals surface area contributed by atoms with Gasteiger partial charge >= 0.3 is 0 Å². The van der Waals surface area contributed by atoms with E-state index in [1.165, 1.54) is 43.9 Å². The van der Waals surface area contributed by atoms with Gasteiger partial charge in [-0.25, -0.2) is 13.4 Å². The number of rotatable bonds is 6. The van der Waals surface area contributed by atoms with E-state index in [1.807, 2.05) is 6.07 Å². The maximum Gasteiger partial charge on any atom is 0.246 e. The number of hydrogen-bond donors (Lipinski definition) is 0. The fraction of sp³-hybridized carbons (Fsp3) is 0.524. The number of sulfonamides is 1. The predicted octanol–water partition coefficient (Wildman–Crippen LogP) is 1.99. The fourth-order valence-corrected chi connectivity index (χ4v) is 5.60. The van der Waals surface area contributed by atoms with Crippen LogP contribution in [-0.4, -0.2) is 76.2 Å². The van der Waals surface area contributed by atoms with Gasteiger partial charge in [-0.2, -0.15) is 9.29 Å². The van der Waals surface area contributed by atoms with Crippen LogP contribution in [0.4, 0.5) is 11.8 Å². The van der Waals surface area contributed by atoms with Crippen molar-refractivity contribution in [2.75, 3.05) is 63.3 Å². The quantitative estimate of drug-likeness (QED) is 0.664. The van der Waals surface area contributed by atoms with Crippen LogP contribution in [0.15, 0.2) is 35.4 Å². The molecule has 0 saturated carbocycles. The molecule has 0 bridgehead atoms. The van der Waals surface area contributed by atoms with Crippen LogP contribution >= 0.6 is 0 Å². The van der Waals surface area contributed by atoms with Crippen LogP contribution < -0.4 is 19.3 Å². The molecule has 4 rings (SSSR count). The van der Waals surface area contributed by atoms with Crippen molar-refractivity contribution in [2.24, 2.45) is 0 Å². The van der Waals surface area contributed by atoms with E-state index in [0.29, 0.717) is 31.9 Å². The van der Waals surface area contributed by atoms with Gasteiger partial charge in [-0.3, -0.25) is 0 Å². The number of ether oxygens (including phenoxy) is 2. The van der Waals surface area contributed by atoms with Crippen LogP contribution in [-0.2, 0) is 10.0 Å². The third kappa shape index (κ3) is 4.54. The lowest BCUT2D eigenvalue weighted by atomic mass is 10.1. The molecule has 0 radical (unpaired) electrons. The summed E-state index contributed by atoms with van der Waals surface area (Å²) in [7, 11) is -0.683. The zero-order chi connectivity index (χ0) is 21.8. The van der Waals surface area contributed by atoms with Crippen LogP contribution in [0.5, 0.6) is 11.5 Å². The Bertz CT molecular complexity index is 1000. The highest BCUT2D eigenvalue weighted by Gasteiger charge is 2.31. The van der Waals surface area contributed by atoms with Gasteiger partial charge in [0.2, 0.25) is 16.0 Å². The predicted molar refractivity (Wildman–Crippen MR) is 119 cm³/mol. The van der Waals surface area contributed by atoms with Crippen molar-refractivity contribution in [3.8, 4) is 11.5 Å². The third-order valence-corrected chi connectivity index (χ3v) is 7.76. The van der Waals surface area contributed by atoms with E-state index >= 15 is 0 Å². The molecule has 168 valence electrons. The number of piperazine rings is 1. The molecule has 0 spiro atoms. The second-order valence-electron chi connectivity index (χ2n) is 7.67. The fourth-order valence-electron chi connectivity index (χ4n) is 4.05. The molecule has 2 fully saturated rings. The monoisotopic (exact) mass is 447 g/mol. The van der Waals surface area contributed by atoms with Gasteiger partial charge in [-0.05, 0) is 37.5 Å². The summed E-state index contributed by atoms with van der Waals surface area (Å²) >= 11 is 0. The lowest BCUT2D eigenvalue weighted by Crippen LogP contribution is -2.49. The molecule has 0 amide bonds. The van der Waals surface area contributed by atoms with E-state index in [-0.39, 0.29) is 10.6 Å². The molecule has 1 aromatic carbocycles. The molecule has 2 aliphatic rings. The Kier molecular flexibility index (Phi) is 6.47. The molecule has 10 heteroatoms. The second kappa shape index (κ2) is 9.27. The number of nitrogens with zero attached hydrogens (tertiary/aromatic N) is 5. The van der Waals surface area contributed by atoms with Crippen LogP contribution in [0.3, 0.4) is 0 Å². The van der Waals surface area contributed by atoms with Gasteiger partial charge in [0, 0.05) is 51.5 Å². The molecule has 0 aliphatic carbocycles. The van der Waals surface area contributed by atoms with Crippen LogP contribution in [0, 0.1) is 0 Å². The standard InChI is InChI=1S/C21H29N5O4S/c1-29-17-6-7-19(18(16-17)30-2)31(27,28)26-14-12-24(13-15-26)20-8-9-22-21(23-20)25-10-4-3-5-11-25/h6-9,16H,3-5,10-15H2,1-2H3. The third-order valence-electron chi connectivity index (χ3n) is 5.82. The lowest BCUT2D eigenvalue weighted by molar-refractivity contribution is 0.369. The van der Waals surface area contributed by atoms with Crippen LogP contribution in [0.1, 0.15) is 19.3 Å². The number of methoxy groups -OCH3 is 2. The Labute approximate surface area is 183 Å². The molecule has 2 aromatic rings. The van der Waals surface area contributed by atoms with E-state index in [4.69, 9.17) is 14.5 Å². The molecule has 0 N–H and O–H groups in total. The summed E-state index contributed by atoms with van der Waals surface area (Å²) in [5.41, 5.74) is 0. The zero-order valence-corrected chi connectivity index (χ0v) is 18.8. The van der Waals surface area contributed by atoms with Crippen molar-refractivity contribution >= 4 is 21.8 Å². The number of benzene rings is 1. The van der Waals surface area contributed by atoms with E-state index < -0.39 is 10.0 Å². The summed E-state index contributed by atoms with van der Waals surface area (Å²) in [6, 6.07) is 6.65. The molecule has 1 aromatic heterocycles. The minimum Gasteiger partial charge on any atom is -0.497 e. The molecular formula is C21H29N5O4S. The van der Waals surface area contributed by atoms with Gasteiger partial charge in [0.1, 0.15) is 22.2 Å². The normalized spacial score (nSPS) is 18.1. The Morgan fingerprint density at radius 3 is 2.29 bits per heavy atom. The molecule has 2 aliphatic heterocycles. The molecule has 2 saturated heterocycles. The van der Waals surface area contributed by atoms with Crippen LogP contribution in [0.2, 0.25) is 0 Å². The smallest absolute Gasteiger partial charge is 0.246 e. The van der Waals surface area contributed by atoms with Crippen molar-refractivity contribution in [3.63, 3.8) is 0 Å². The SMILES string of the molecule is COc1ccc(S(=O)(=O)N2CCN(c3ccnc(N4CCCCC4)n3)CC2)c(OC)c1. The second-order valence-corrected chi connectivity index (χ2v) is 9.58. The highest BCUT2D eigenvalue weighted by molar-refractivity contribution is 7.89. The number of hydrogen-bond acceptors (Lipinski definition) is 8. The topological polar surface area (TPSA) is 88.1 Å². The Hall–Kier alpha value is -2.59. The maximum absolute atomic E-state index is 13.2. The first kappa shape index (κ1) is 21.6. The summed E-state index contributed by atoms with van der Waals surface area (Å²) in [6.45, 7) is 3.85. The summed E-state index contributed by atoms with van der Waals surface area (Å²) in [4.78, 5) is 13.7. The van der Waals surface area contributed by atoms with Gasteiger partial charge < -0.3 is 19.3 Å². The first-order chi connectivity index (χ1) is 15.0.